The van der Waals surface area contributed by atoms with Crippen molar-refractivity contribution in [2.45, 2.75) is 19.8 Å². The van der Waals surface area contributed by atoms with Crippen molar-refractivity contribution in [1.82, 2.24) is 10.3 Å². The molecule has 1 saturated heterocycles. The molecule has 1 fully saturated rings. The van der Waals surface area contributed by atoms with E-state index < -0.39 is 5.97 Å². The molecule has 0 radical (unpaired) electrons. The van der Waals surface area contributed by atoms with E-state index in [1.54, 1.807) is 6.92 Å². The Morgan fingerprint density at radius 2 is 2.35 bits per heavy atom. The van der Waals surface area contributed by atoms with Crippen LogP contribution in [0.25, 0.3) is 10.9 Å². The Morgan fingerprint density at radius 1 is 1.52 bits per heavy atom. The number of hydrogen-bond donors (Lipinski definition) is 3. The van der Waals surface area contributed by atoms with Crippen LogP contribution in [-0.4, -0.2) is 35.8 Å². The molecule has 4 N–H and O–H groups in total. The van der Waals surface area contributed by atoms with Crippen LogP contribution in [0.1, 0.15) is 28.9 Å². The SMILES string of the molecule is Cc1nc2cccc(OCC3CCCNC3)c2c(N)c1C(=O)O. The lowest BCUT2D eigenvalue weighted by molar-refractivity contribution is 0.0697. The number of nitrogens with two attached hydrogens (primary N) is 1. The second kappa shape index (κ2) is 6.42. The molecule has 1 aromatic heterocycles. The van der Waals surface area contributed by atoms with Gasteiger partial charge in [0.1, 0.15) is 11.3 Å². The number of hydrogen-bond acceptors (Lipinski definition) is 5. The molecule has 0 aliphatic carbocycles. The van der Waals surface area contributed by atoms with Crippen LogP contribution in [0.5, 0.6) is 5.75 Å². The number of nitrogens with zero attached hydrogens (tertiary/aromatic N) is 1. The number of fused-ring (bicyclic) bond motifs is 1. The first-order valence-corrected chi connectivity index (χ1v) is 7.83. The van der Waals surface area contributed by atoms with Crippen molar-refractivity contribution in [3.05, 3.63) is 29.5 Å². The van der Waals surface area contributed by atoms with E-state index in [4.69, 9.17) is 10.5 Å². The third-order valence-corrected chi connectivity index (χ3v) is 4.28. The Balaban J connectivity index is 1.96. The van der Waals surface area contributed by atoms with Gasteiger partial charge in [-0.3, -0.25) is 4.98 Å². The summed E-state index contributed by atoms with van der Waals surface area (Å²) in [6.07, 6.45) is 2.28. The van der Waals surface area contributed by atoms with Crippen LogP contribution in [0, 0.1) is 12.8 Å². The van der Waals surface area contributed by atoms with E-state index in [-0.39, 0.29) is 11.3 Å². The number of nitrogens with one attached hydrogen (secondary N) is 1. The number of benzene rings is 1. The number of anilines is 1. The van der Waals surface area contributed by atoms with E-state index >= 15 is 0 Å². The minimum Gasteiger partial charge on any atom is -0.492 e. The Morgan fingerprint density at radius 3 is 3.04 bits per heavy atom. The van der Waals surface area contributed by atoms with E-state index in [0.717, 1.165) is 25.9 Å². The zero-order valence-corrected chi connectivity index (χ0v) is 13.1. The van der Waals surface area contributed by atoms with Crippen LogP contribution in [-0.2, 0) is 0 Å². The molecule has 23 heavy (non-hydrogen) atoms. The summed E-state index contributed by atoms with van der Waals surface area (Å²) in [5.41, 5.74) is 7.46. The molecule has 2 aromatic rings. The monoisotopic (exact) mass is 315 g/mol. The molecule has 1 aliphatic heterocycles. The summed E-state index contributed by atoms with van der Waals surface area (Å²) in [6.45, 7) is 4.24. The van der Waals surface area contributed by atoms with Crippen LogP contribution in [0.15, 0.2) is 18.2 Å². The molecular weight excluding hydrogens is 294 g/mol. The molecule has 0 amide bonds. The first-order valence-electron chi connectivity index (χ1n) is 7.83. The third-order valence-electron chi connectivity index (χ3n) is 4.28. The molecule has 1 unspecified atom stereocenters. The average Bonchev–Trinajstić information content (AvgIpc) is 2.53. The second-order valence-corrected chi connectivity index (χ2v) is 5.96. The molecular formula is C17H21N3O3. The average molecular weight is 315 g/mol. The fraction of sp³-hybridized carbons (Fsp3) is 0.412. The Labute approximate surface area is 134 Å². The number of aromatic nitrogens is 1. The molecule has 2 heterocycles. The lowest BCUT2D eigenvalue weighted by atomic mass is 10.0. The summed E-state index contributed by atoms with van der Waals surface area (Å²) >= 11 is 0. The van der Waals surface area contributed by atoms with E-state index in [1.165, 1.54) is 0 Å². The number of pyridine rings is 1. The van der Waals surface area contributed by atoms with E-state index in [9.17, 15) is 9.90 Å². The van der Waals surface area contributed by atoms with Crippen LogP contribution in [0.4, 0.5) is 5.69 Å². The standard InChI is InChI=1S/C17H21N3O3/c1-10-14(17(21)22)16(18)15-12(20-10)5-2-6-13(15)23-9-11-4-3-7-19-8-11/h2,5-6,11,19H,3-4,7-9H2,1H3,(H2,18,20)(H,21,22). The highest BCUT2D eigenvalue weighted by molar-refractivity contribution is 6.06. The molecule has 6 nitrogen and oxygen atoms in total. The fourth-order valence-electron chi connectivity index (χ4n) is 3.10. The number of aryl methyl sites for hydroxylation is 1. The van der Waals surface area contributed by atoms with Gasteiger partial charge in [0, 0.05) is 12.5 Å². The van der Waals surface area contributed by atoms with E-state index in [0.29, 0.717) is 34.9 Å². The molecule has 1 aromatic carbocycles. The minimum atomic E-state index is -1.07. The van der Waals surface area contributed by atoms with Crippen molar-refractivity contribution in [2.75, 3.05) is 25.4 Å². The highest BCUT2D eigenvalue weighted by Crippen LogP contribution is 2.33. The molecule has 0 saturated carbocycles. The fourth-order valence-corrected chi connectivity index (χ4v) is 3.10. The maximum atomic E-state index is 11.4. The zero-order valence-electron chi connectivity index (χ0n) is 13.1. The van der Waals surface area contributed by atoms with Gasteiger partial charge in [0.25, 0.3) is 0 Å². The third kappa shape index (κ3) is 3.07. The van der Waals surface area contributed by atoms with Crippen molar-refractivity contribution in [3.63, 3.8) is 0 Å². The molecule has 122 valence electrons. The highest BCUT2D eigenvalue weighted by atomic mass is 16.5. The van der Waals surface area contributed by atoms with Gasteiger partial charge < -0.3 is 20.9 Å². The van der Waals surface area contributed by atoms with Gasteiger partial charge in [0.2, 0.25) is 0 Å². The van der Waals surface area contributed by atoms with Gasteiger partial charge in [-0.05, 0) is 38.4 Å². The number of aromatic carboxylic acids is 1. The molecule has 1 aliphatic rings. The van der Waals surface area contributed by atoms with Gasteiger partial charge in [-0.1, -0.05) is 6.07 Å². The number of piperidine rings is 1. The minimum absolute atomic E-state index is 0.0490. The quantitative estimate of drug-likeness (QED) is 0.800. The predicted octanol–water partition coefficient (Wildman–Crippen LogP) is 2.20. The number of carboxylic acid groups (broad SMARTS) is 1. The van der Waals surface area contributed by atoms with Gasteiger partial charge >= 0.3 is 5.97 Å². The smallest absolute Gasteiger partial charge is 0.339 e. The number of ether oxygens (including phenoxy) is 1. The topological polar surface area (TPSA) is 97.5 Å². The lowest BCUT2D eigenvalue weighted by Crippen LogP contribution is -2.33. The van der Waals surface area contributed by atoms with Crippen molar-refractivity contribution in [1.29, 1.82) is 0 Å². The summed E-state index contributed by atoms with van der Waals surface area (Å²) in [6, 6.07) is 5.49. The van der Waals surface area contributed by atoms with Gasteiger partial charge in [-0.15, -0.1) is 0 Å². The van der Waals surface area contributed by atoms with Crippen molar-refractivity contribution in [2.24, 2.45) is 5.92 Å². The maximum Gasteiger partial charge on any atom is 0.339 e. The Kier molecular flexibility index (Phi) is 4.34. The maximum absolute atomic E-state index is 11.4. The second-order valence-electron chi connectivity index (χ2n) is 5.96. The normalized spacial score (nSPS) is 18.0. The lowest BCUT2D eigenvalue weighted by Gasteiger charge is -2.23. The van der Waals surface area contributed by atoms with Crippen molar-refractivity contribution in [3.8, 4) is 5.75 Å². The number of carboxylic acids is 1. The Bertz CT molecular complexity index is 739. The highest BCUT2D eigenvalue weighted by Gasteiger charge is 2.20. The van der Waals surface area contributed by atoms with Crippen LogP contribution in [0.2, 0.25) is 0 Å². The van der Waals surface area contributed by atoms with Gasteiger partial charge in [0.05, 0.1) is 28.9 Å². The summed E-state index contributed by atoms with van der Waals surface area (Å²) in [5, 5.41) is 13.3. The number of nitrogen functional groups attached to an aromatic ring is 1. The van der Waals surface area contributed by atoms with Gasteiger partial charge in [-0.2, -0.15) is 0 Å². The Hall–Kier alpha value is -2.34. The number of carbonyl (C=O) groups is 1. The zero-order chi connectivity index (χ0) is 16.4. The van der Waals surface area contributed by atoms with E-state index in [2.05, 4.69) is 10.3 Å². The first kappa shape index (κ1) is 15.6. The molecule has 3 rings (SSSR count). The van der Waals surface area contributed by atoms with Gasteiger partial charge in [-0.25, -0.2) is 4.79 Å². The van der Waals surface area contributed by atoms with Crippen molar-refractivity contribution >= 4 is 22.6 Å². The largest absolute Gasteiger partial charge is 0.492 e. The van der Waals surface area contributed by atoms with E-state index in [1.807, 2.05) is 18.2 Å². The van der Waals surface area contributed by atoms with Gasteiger partial charge in [0.15, 0.2) is 0 Å². The van der Waals surface area contributed by atoms with Crippen LogP contribution < -0.4 is 15.8 Å². The molecule has 1 atom stereocenters. The summed E-state index contributed by atoms with van der Waals surface area (Å²) < 4.78 is 5.96. The number of rotatable bonds is 4. The molecule has 0 spiro atoms. The van der Waals surface area contributed by atoms with Crippen LogP contribution in [0.3, 0.4) is 0 Å². The molecule has 6 heteroatoms. The van der Waals surface area contributed by atoms with Crippen molar-refractivity contribution < 1.29 is 14.6 Å². The first-order chi connectivity index (χ1) is 11.1. The van der Waals surface area contributed by atoms with Crippen LogP contribution >= 0.6 is 0 Å². The molecule has 0 bridgehead atoms. The predicted molar refractivity (Wildman–Crippen MR) is 88.9 cm³/mol. The summed E-state index contributed by atoms with van der Waals surface area (Å²) in [7, 11) is 0. The summed E-state index contributed by atoms with van der Waals surface area (Å²) in [5.74, 6) is -0.0150. The summed E-state index contributed by atoms with van der Waals surface area (Å²) in [4.78, 5) is 15.8.